The smallest absolute Gasteiger partial charge is 0.353 e. The summed E-state index contributed by atoms with van der Waals surface area (Å²) in [5.41, 5.74) is 1.28. The topological polar surface area (TPSA) is 44.3 Å². The van der Waals surface area contributed by atoms with Crippen LogP contribution in [0.4, 0.5) is 24.8 Å². The third kappa shape index (κ3) is 4.85. The summed E-state index contributed by atoms with van der Waals surface area (Å²) in [7, 11) is 0. The Morgan fingerprint density at radius 1 is 1.11 bits per heavy atom. The maximum absolute atomic E-state index is 12.6. The van der Waals surface area contributed by atoms with Crippen molar-refractivity contribution < 1.29 is 13.2 Å². The van der Waals surface area contributed by atoms with Crippen LogP contribution in [-0.4, -0.2) is 46.2 Å². The number of thiocarbonyl (C=S) groups is 1. The van der Waals surface area contributed by atoms with Crippen molar-refractivity contribution in [1.29, 1.82) is 0 Å². The van der Waals surface area contributed by atoms with E-state index < -0.39 is 11.7 Å². The van der Waals surface area contributed by atoms with Gasteiger partial charge in [0.25, 0.3) is 0 Å². The Bertz CT molecular complexity index is 794. The number of hydrogen-bond donors (Lipinski definition) is 1. The first-order chi connectivity index (χ1) is 12.7. The van der Waals surface area contributed by atoms with Crippen LogP contribution in [0.5, 0.6) is 0 Å². The number of anilines is 2. The summed E-state index contributed by atoms with van der Waals surface area (Å²) in [6.07, 6.45) is -3.50. The van der Waals surface area contributed by atoms with Gasteiger partial charge in [0, 0.05) is 38.1 Å². The highest BCUT2D eigenvalue weighted by molar-refractivity contribution is 7.80. The van der Waals surface area contributed by atoms with Crippen molar-refractivity contribution in [2.45, 2.75) is 20.0 Å². The first-order valence-electron chi connectivity index (χ1n) is 8.52. The molecule has 9 heteroatoms. The fourth-order valence-electron chi connectivity index (χ4n) is 2.97. The van der Waals surface area contributed by atoms with Gasteiger partial charge in [-0.25, -0.2) is 9.97 Å². The van der Waals surface area contributed by atoms with Crippen molar-refractivity contribution in [2.75, 3.05) is 36.4 Å². The van der Waals surface area contributed by atoms with E-state index in [1.807, 2.05) is 35.8 Å². The molecule has 3 heterocycles. The molecule has 0 amide bonds. The van der Waals surface area contributed by atoms with E-state index in [9.17, 15) is 13.2 Å². The van der Waals surface area contributed by atoms with Gasteiger partial charge in [-0.2, -0.15) is 13.2 Å². The molecule has 2 aromatic rings. The fraction of sp³-hybridized carbons (Fsp3) is 0.389. The molecule has 0 radical (unpaired) electrons. The molecule has 2 aromatic heterocycles. The lowest BCUT2D eigenvalue weighted by Crippen LogP contribution is -2.50. The quantitative estimate of drug-likeness (QED) is 0.784. The number of pyridine rings is 2. The van der Waals surface area contributed by atoms with Crippen LogP contribution in [0.25, 0.3) is 0 Å². The summed E-state index contributed by atoms with van der Waals surface area (Å²) in [5, 5.41) is 3.75. The Labute approximate surface area is 161 Å². The summed E-state index contributed by atoms with van der Waals surface area (Å²) in [4.78, 5) is 12.4. The van der Waals surface area contributed by atoms with Gasteiger partial charge in [0.2, 0.25) is 0 Å². The zero-order chi connectivity index (χ0) is 19.6. The monoisotopic (exact) mass is 395 g/mol. The minimum atomic E-state index is -4.37. The highest BCUT2D eigenvalue weighted by atomic mass is 32.1. The number of aryl methyl sites for hydroxylation is 2. The number of aromatic nitrogens is 2. The summed E-state index contributed by atoms with van der Waals surface area (Å²) in [6.45, 7) is 6.48. The second-order valence-corrected chi connectivity index (χ2v) is 6.86. The first-order valence-corrected chi connectivity index (χ1v) is 8.92. The van der Waals surface area contributed by atoms with Crippen LogP contribution in [0.3, 0.4) is 0 Å². The summed E-state index contributed by atoms with van der Waals surface area (Å²) >= 11 is 5.47. The summed E-state index contributed by atoms with van der Waals surface area (Å²) in [5.74, 6) is 1.25. The molecule has 0 spiro atoms. The van der Waals surface area contributed by atoms with Gasteiger partial charge in [-0.05, 0) is 55.9 Å². The number of halogens is 3. The minimum absolute atomic E-state index is 0.539. The predicted octanol–water partition coefficient (Wildman–Crippen LogP) is 3.63. The third-order valence-electron chi connectivity index (χ3n) is 4.30. The van der Waals surface area contributed by atoms with Gasteiger partial charge in [-0.15, -0.1) is 0 Å². The normalized spacial score (nSPS) is 15.0. The third-order valence-corrected chi connectivity index (χ3v) is 4.66. The van der Waals surface area contributed by atoms with Gasteiger partial charge in [-0.3, -0.25) is 0 Å². The molecule has 27 heavy (non-hydrogen) atoms. The fourth-order valence-corrected chi connectivity index (χ4v) is 3.26. The number of rotatable bonds is 2. The maximum Gasteiger partial charge on any atom is 0.417 e. The Kier molecular flexibility index (Phi) is 5.50. The van der Waals surface area contributed by atoms with Crippen molar-refractivity contribution in [2.24, 2.45) is 0 Å². The number of alkyl halides is 3. The van der Waals surface area contributed by atoms with E-state index in [1.54, 1.807) is 0 Å². The molecule has 1 N–H and O–H groups in total. The van der Waals surface area contributed by atoms with E-state index in [2.05, 4.69) is 15.3 Å². The average Bonchev–Trinajstić information content (AvgIpc) is 2.60. The van der Waals surface area contributed by atoms with Gasteiger partial charge in [0.1, 0.15) is 11.6 Å². The molecule has 3 rings (SSSR count). The minimum Gasteiger partial charge on any atom is -0.353 e. The van der Waals surface area contributed by atoms with Crippen LogP contribution in [0.15, 0.2) is 30.5 Å². The molecule has 1 saturated heterocycles. The van der Waals surface area contributed by atoms with Gasteiger partial charge in [0.05, 0.1) is 5.56 Å². The Hall–Kier alpha value is -2.42. The predicted molar refractivity (Wildman–Crippen MR) is 103 cm³/mol. The van der Waals surface area contributed by atoms with E-state index >= 15 is 0 Å². The number of hydrogen-bond acceptors (Lipinski definition) is 4. The van der Waals surface area contributed by atoms with Crippen molar-refractivity contribution in [1.82, 2.24) is 14.9 Å². The molecule has 0 unspecified atom stereocenters. The van der Waals surface area contributed by atoms with E-state index in [0.29, 0.717) is 42.9 Å². The molecule has 0 bridgehead atoms. The van der Waals surface area contributed by atoms with Gasteiger partial charge in [-0.1, -0.05) is 0 Å². The van der Waals surface area contributed by atoms with Crippen molar-refractivity contribution in [3.8, 4) is 0 Å². The van der Waals surface area contributed by atoms with E-state index in [4.69, 9.17) is 12.2 Å². The Balaban J connectivity index is 1.57. The lowest BCUT2D eigenvalue weighted by Gasteiger charge is -2.36. The highest BCUT2D eigenvalue weighted by Crippen LogP contribution is 2.29. The average molecular weight is 395 g/mol. The van der Waals surface area contributed by atoms with Crippen molar-refractivity contribution in [3.63, 3.8) is 0 Å². The van der Waals surface area contributed by atoms with Gasteiger partial charge < -0.3 is 15.1 Å². The summed E-state index contributed by atoms with van der Waals surface area (Å²) in [6, 6.07) is 6.40. The molecule has 1 aliphatic heterocycles. The molecular weight excluding hydrogens is 375 g/mol. The maximum atomic E-state index is 12.6. The molecule has 5 nitrogen and oxygen atoms in total. The van der Waals surface area contributed by atoms with Crippen LogP contribution in [0.1, 0.15) is 16.8 Å². The lowest BCUT2D eigenvalue weighted by atomic mass is 10.2. The van der Waals surface area contributed by atoms with E-state index in [1.165, 1.54) is 6.07 Å². The van der Waals surface area contributed by atoms with Crippen LogP contribution in [0.2, 0.25) is 0 Å². The molecular formula is C18H20F3N5S. The van der Waals surface area contributed by atoms with Gasteiger partial charge >= 0.3 is 6.18 Å². The van der Waals surface area contributed by atoms with Gasteiger partial charge in [0.15, 0.2) is 5.11 Å². The molecule has 0 saturated carbocycles. The molecule has 0 aromatic carbocycles. The first kappa shape index (κ1) is 19.3. The molecule has 144 valence electrons. The second kappa shape index (κ2) is 7.67. The molecule has 1 aliphatic rings. The highest BCUT2D eigenvalue weighted by Gasteiger charge is 2.31. The molecule has 0 atom stereocenters. The van der Waals surface area contributed by atoms with Crippen LogP contribution >= 0.6 is 12.2 Å². The van der Waals surface area contributed by atoms with Crippen LogP contribution in [0, 0.1) is 13.8 Å². The number of nitrogens with zero attached hydrogens (tertiary/aromatic N) is 4. The summed E-state index contributed by atoms with van der Waals surface area (Å²) < 4.78 is 37.9. The van der Waals surface area contributed by atoms with Crippen molar-refractivity contribution >= 4 is 29.0 Å². The van der Waals surface area contributed by atoms with Crippen molar-refractivity contribution in [3.05, 3.63) is 47.3 Å². The zero-order valence-electron chi connectivity index (χ0n) is 15.0. The van der Waals surface area contributed by atoms with Crippen LogP contribution in [-0.2, 0) is 6.18 Å². The molecule has 0 aliphatic carbocycles. The standard InChI is InChI=1S/C18H20F3N5S/c1-12-9-13(2)23-15(10-12)24-17(27)26-7-5-25(6-8-26)16-4-3-14(11-22-16)18(19,20)21/h3-4,9-11H,5-8H2,1-2H3,(H,23,24,27). The lowest BCUT2D eigenvalue weighted by molar-refractivity contribution is -0.137. The number of piperazine rings is 1. The van der Waals surface area contributed by atoms with Crippen LogP contribution < -0.4 is 10.2 Å². The largest absolute Gasteiger partial charge is 0.417 e. The zero-order valence-corrected chi connectivity index (χ0v) is 15.9. The SMILES string of the molecule is Cc1cc(C)nc(NC(=S)N2CCN(c3ccc(C(F)(F)F)cn3)CC2)c1. The Morgan fingerprint density at radius 3 is 2.37 bits per heavy atom. The van der Waals surface area contributed by atoms with E-state index in [0.717, 1.165) is 23.5 Å². The molecule has 1 fully saturated rings. The number of nitrogens with one attached hydrogen (secondary N) is 1. The Morgan fingerprint density at radius 2 is 1.81 bits per heavy atom. The van der Waals surface area contributed by atoms with E-state index in [-0.39, 0.29) is 0 Å². The second-order valence-electron chi connectivity index (χ2n) is 6.48.